The standard InChI is InChI=1S/C12H16ClNOS/c1-7(2)5-8(3)12(15)14-10-9(4)6-16-11(10)13/h6,8H,1,5H2,2-4H3,(H,14,15). The van der Waals surface area contributed by atoms with Gasteiger partial charge in [-0.25, -0.2) is 0 Å². The summed E-state index contributed by atoms with van der Waals surface area (Å²) >= 11 is 7.42. The van der Waals surface area contributed by atoms with Crippen LogP contribution in [0.3, 0.4) is 0 Å². The number of carbonyl (C=O) groups is 1. The molecule has 1 heterocycles. The first kappa shape index (κ1) is 13.3. The number of halogens is 1. The van der Waals surface area contributed by atoms with Gasteiger partial charge in [0.1, 0.15) is 4.34 Å². The van der Waals surface area contributed by atoms with Crippen molar-refractivity contribution in [1.29, 1.82) is 0 Å². The Balaban J connectivity index is 2.68. The lowest BCUT2D eigenvalue weighted by molar-refractivity contribution is -0.119. The lowest BCUT2D eigenvalue weighted by Crippen LogP contribution is -2.20. The van der Waals surface area contributed by atoms with E-state index in [2.05, 4.69) is 11.9 Å². The predicted octanol–water partition coefficient (Wildman–Crippen LogP) is 4.25. The lowest BCUT2D eigenvalue weighted by atomic mass is 10.0. The molecule has 2 nitrogen and oxygen atoms in total. The first-order chi connectivity index (χ1) is 7.41. The minimum absolute atomic E-state index is 0.00796. The molecule has 0 saturated carbocycles. The number of allylic oxidation sites excluding steroid dienone is 1. The van der Waals surface area contributed by atoms with Crippen LogP contribution in [-0.4, -0.2) is 5.91 Å². The molecule has 0 aromatic carbocycles. The number of carbonyl (C=O) groups excluding carboxylic acids is 1. The van der Waals surface area contributed by atoms with Gasteiger partial charge >= 0.3 is 0 Å². The molecule has 0 radical (unpaired) electrons. The molecule has 0 saturated heterocycles. The molecular formula is C12H16ClNOS. The molecule has 0 spiro atoms. The number of amides is 1. The third-order valence-electron chi connectivity index (χ3n) is 2.28. The number of nitrogens with one attached hydrogen (secondary N) is 1. The zero-order valence-electron chi connectivity index (χ0n) is 9.76. The number of hydrogen-bond donors (Lipinski definition) is 1. The Bertz CT molecular complexity index is 392. The zero-order valence-corrected chi connectivity index (χ0v) is 11.3. The van der Waals surface area contributed by atoms with E-state index >= 15 is 0 Å². The van der Waals surface area contributed by atoms with Gasteiger partial charge in [-0.3, -0.25) is 4.79 Å². The molecule has 1 atom stereocenters. The topological polar surface area (TPSA) is 29.1 Å². The molecule has 1 N–H and O–H groups in total. The highest BCUT2D eigenvalue weighted by Crippen LogP contribution is 2.32. The predicted molar refractivity (Wildman–Crippen MR) is 71.3 cm³/mol. The average Bonchev–Trinajstić information content (AvgIpc) is 2.48. The fraction of sp³-hybridized carbons (Fsp3) is 0.417. The van der Waals surface area contributed by atoms with Gasteiger partial charge in [0.05, 0.1) is 5.69 Å². The van der Waals surface area contributed by atoms with Crippen LogP contribution in [-0.2, 0) is 4.79 Å². The second-order valence-corrected chi connectivity index (χ2v) is 5.60. The number of aryl methyl sites for hydroxylation is 1. The summed E-state index contributed by atoms with van der Waals surface area (Å²) < 4.78 is 0.633. The van der Waals surface area contributed by atoms with Gasteiger partial charge in [-0.2, -0.15) is 0 Å². The average molecular weight is 258 g/mol. The van der Waals surface area contributed by atoms with Crippen molar-refractivity contribution in [2.75, 3.05) is 5.32 Å². The number of anilines is 1. The molecule has 16 heavy (non-hydrogen) atoms. The van der Waals surface area contributed by atoms with E-state index in [-0.39, 0.29) is 11.8 Å². The fourth-order valence-corrected chi connectivity index (χ4v) is 2.48. The van der Waals surface area contributed by atoms with Gasteiger partial charge < -0.3 is 5.32 Å². The maximum atomic E-state index is 11.8. The molecule has 1 aromatic heterocycles. The lowest BCUT2D eigenvalue weighted by Gasteiger charge is -2.12. The number of rotatable bonds is 4. The molecule has 0 fully saturated rings. The summed E-state index contributed by atoms with van der Waals surface area (Å²) in [4.78, 5) is 11.8. The Morgan fingerprint density at radius 1 is 1.69 bits per heavy atom. The molecule has 1 unspecified atom stereocenters. The van der Waals surface area contributed by atoms with E-state index in [0.717, 1.165) is 16.8 Å². The van der Waals surface area contributed by atoms with Crippen LogP contribution in [0.1, 0.15) is 25.8 Å². The Morgan fingerprint density at radius 3 is 2.75 bits per heavy atom. The van der Waals surface area contributed by atoms with E-state index in [1.54, 1.807) is 0 Å². The van der Waals surface area contributed by atoms with Crippen LogP contribution in [0.25, 0.3) is 0 Å². The van der Waals surface area contributed by atoms with Crippen molar-refractivity contribution in [3.63, 3.8) is 0 Å². The molecule has 0 aliphatic heterocycles. The highest BCUT2D eigenvalue weighted by molar-refractivity contribution is 7.15. The molecule has 1 aromatic rings. The molecule has 4 heteroatoms. The summed E-state index contributed by atoms with van der Waals surface area (Å²) in [6.07, 6.45) is 0.701. The monoisotopic (exact) mass is 257 g/mol. The van der Waals surface area contributed by atoms with Crippen molar-refractivity contribution in [2.24, 2.45) is 5.92 Å². The SMILES string of the molecule is C=C(C)CC(C)C(=O)Nc1c(C)csc1Cl. The summed E-state index contributed by atoms with van der Waals surface area (Å²) in [5, 5.41) is 4.79. The first-order valence-electron chi connectivity index (χ1n) is 5.10. The minimum Gasteiger partial charge on any atom is -0.324 e. The third-order valence-corrected chi connectivity index (χ3v) is 3.62. The van der Waals surface area contributed by atoms with Crippen molar-refractivity contribution in [3.8, 4) is 0 Å². The van der Waals surface area contributed by atoms with Crippen LogP contribution < -0.4 is 5.32 Å². The van der Waals surface area contributed by atoms with Crippen molar-refractivity contribution >= 4 is 34.5 Å². The maximum absolute atomic E-state index is 11.8. The third kappa shape index (κ3) is 3.35. The molecule has 1 amide bonds. The highest BCUT2D eigenvalue weighted by atomic mass is 35.5. The van der Waals surface area contributed by atoms with Crippen molar-refractivity contribution < 1.29 is 4.79 Å². The smallest absolute Gasteiger partial charge is 0.227 e. The Kier molecular flexibility index (Phi) is 4.56. The van der Waals surface area contributed by atoms with Crippen LogP contribution >= 0.6 is 22.9 Å². The van der Waals surface area contributed by atoms with Crippen LogP contribution in [0, 0.1) is 12.8 Å². The normalized spacial score (nSPS) is 12.2. The van der Waals surface area contributed by atoms with E-state index < -0.39 is 0 Å². The van der Waals surface area contributed by atoms with Gasteiger partial charge in [0.2, 0.25) is 5.91 Å². The number of thiophene rings is 1. The fourth-order valence-electron chi connectivity index (χ4n) is 1.42. The molecule has 0 aliphatic carbocycles. The van der Waals surface area contributed by atoms with Gasteiger partial charge in [-0.15, -0.1) is 17.9 Å². The van der Waals surface area contributed by atoms with E-state index in [1.165, 1.54) is 11.3 Å². The van der Waals surface area contributed by atoms with Crippen molar-refractivity contribution in [1.82, 2.24) is 0 Å². The second-order valence-electron chi connectivity index (χ2n) is 4.12. The molecular weight excluding hydrogens is 242 g/mol. The first-order valence-corrected chi connectivity index (χ1v) is 6.36. The maximum Gasteiger partial charge on any atom is 0.227 e. The second kappa shape index (κ2) is 5.51. The van der Waals surface area contributed by atoms with E-state index in [1.807, 2.05) is 26.2 Å². The Labute approximate surface area is 105 Å². The van der Waals surface area contributed by atoms with E-state index in [4.69, 9.17) is 11.6 Å². The van der Waals surface area contributed by atoms with Gasteiger partial charge in [0.15, 0.2) is 0 Å². The van der Waals surface area contributed by atoms with Crippen LogP contribution in [0.5, 0.6) is 0 Å². The Morgan fingerprint density at radius 2 is 2.31 bits per heavy atom. The van der Waals surface area contributed by atoms with Crippen LogP contribution in [0.4, 0.5) is 5.69 Å². The van der Waals surface area contributed by atoms with E-state index in [0.29, 0.717) is 10.8 Å². The largest absolute Gasteiger partial charge is 0.324 e. The van der Waals surface area contributed by atoms with Crippen LogP contribution in [0.2, 0.25) is 4.34 Å². The Hall–Kier alpha value is -0.800. The van der Waals surface area contributed by atoms with Gasteiger partial charge in [-0.05, 0) is 31.2 Å². The quantitative estimate of drug-likeness (QED) is 0.803. The summed E-state index contributed by atoms with van der Waals surface area (Å²) in [6.45, 7) is 9.55. The minimum atomic E-state index is -0.0760. The number of hydrogen-bond acceptors (Lipinski definition) is 2. The molecule has 1 rings (SSSR count). The van der Waals surface area contributed by atoms with Crippen molar-refractivity contribution in [2.45, 2.75) is 27.2 Å². The summed E-state index contributed by atoms with van der Waals surface area (Å²) in [7, 11) is 0. The highest BCUT2D eigenvalue weighted by Gasteiger charge is 2.16. The molecule has 0 aliphatic rings. The van der Waals surface area contributed by atoms with Gasteiger partial charge in [-0.1, -0.05) is 24.1 Å². The summed E-state index contributed by atoms with van der Waals surface area (Å²) in [5.74, 6) is -0.0840. The summed E-state index contributed by atoms with van der Waals surface area (Å²) in [5.41, 5.74) is 2.76. The molecule has 88 valence electrons. The van der Waals surface area contributed by atoms with E-state index in [9.17, 15) is 4.79 Å². The zero-order chi connectivity index (χ0) is 12.3. The summed E-state index contributed by atoms with van der Waals surface area (Å²) in [6, 6.07) is 0. The van der Waals surface area contributed by atoms with Crippen molar-refractivity contribution in [3.05, 3.63) is 27.4 Å². The van der Waals surface area contributed by atoms with Gasteiger partial charge in [0, 0.05) is 5.92 Å². The van der Waals surface area contributed by atoms with Gasteiger partial charge in [0.25, 0.3) is 0 Å². The van der Waals surface area contributed by atoms with Crippen LogP contribution in [0.15, 0.2) is 17.5 Å². The molecule has 0 bridgehead atoms.